The molecule has 0 saturated carbocycles. The Bertz CT molecular complexity index is 3180. The molecular formula is C51H31N3O. The number of benzene rings is 9. The molecule has 55 heavy (non-hydrogen) atoms. The molecule has 0 N–H and O–H groups in total. The van der Waals surface area contributed by atoms with Crippen LogP contribution in [-0.2, 0) is 0 Å². The monoisotopic (exact) mass is 701 g/mol. The van der Waals surface area contributed by atoms with Gasteiger partial charge in [0.15, 0.2) is 17.5 Å². The molecule has 2 heterocycles. The van der Waals surface area contributed by atoms with E-state index in [1.807, 2.05) is 0 Å². The van der Waals surface area contributed by atoms with E-state index in [4.69, 9.17) is 19.4 Å². The van der Waals surface area contributed by atoms with Crippen LogP contribution in [0.2, 0.25) is 0 Å². The van der Waals surface area contributed by atoms with Gasteiger partial charge in [0.05, 0.1) is 0 Å². The van der Waals surface area contributed by atoms with Crippen LogP contribution in [0.4, 0.5) is 0 Å². The first-order valence-electron chi connectivity index (χ1n) is 18.5. The Morgan fingerprint density at radius 3 is 1.58 bits per heavy atom. The molecule has 11 rings (SSSR count). The van der Waals surface area contributed by atoms with Crippen LogP contribution in [0.1, 0.15) is 0 Å². The second-order valence-corrected chi connectivity index (χ2v) is 14.0. The highest BCUT2D eigenvalue weighted by Crippen LogP contribution is 2.43. The molecule has 0 spiro atoms. The van der Waals surface area contributed by atoms with Crippen molar-refractivity contribution in [2.45, 2.75) is 0 Å². The highest BCUT2D eigenvalue weighted by molar-refractivity contribution is 6.22. The third-order valence-electron chi connectivity index (χ3n) is 10.7. The Balaban J connectivity index is 1.17. The smallest absolute Gasteiger partial charge is 0.164 e. The Morgan fingerprint density at radius 1 is 0.309 bits per heavy atom. The van der Waals surface area contributed by atoms with Crippen molar-refractivity contribution < 1.29 is 4.42 Å². The van der Waals surface area contributed by atoms with Crippen LogP contribution in [0, 0.1) is 0 Å². The van der Waals surface area contributed by atoms with Gasteiger partial charge < -0.3 is 4.42 Å². The summed E-state index contributed by atoms with van der Waals surface area (Å²) >= 11 is 0. The minimum atomic E-state index is 0.609. The number of aromatic nitrogens is 3. The number of hydrogen-bond acceptors (Lipinski definition) is 4. The van der Waals surface area contributed by atoms with Crippen LogP contribution in [-0.4, -0.2) is 15.0 Å². The number of furan rings is 1. The summed E-state index contributed by atoms with van der Waals surface area (Å²) in [5.74, 6) is 1.86. The van der Waals surface area contributed by atoms with Gasteiger partial charge in [0.2, 0.25) is 0 Å². The van der Waals surface area contributed by atoms with Crippen molar-refractivity contribution in [3.8, 4) is 56.4 Å². The maximum absolute atomic E-state index is 6.75. The summed E-state index contributed by atoms with van der Waals surface area (Å²) in [6.07, 6.45) is 0. The fraction of sp³-hybridized carbons (Fsp3) is 0. The summed E-state index contributed by atoms with van der Waals surface area (Å²) in [4.78, 5) is 15.7. The van der Waals surface area contributed by atoms with Crippen molar-refractivity contribution in [2.24, 2.45) is 0 Å². The number of fused-ring (bicyclic) bond motifs is 7. The number of nitrogens with zero attached hydrogens (tertiary/aromatic N) is 3. The number of hydrogen-bond donors (Lipinski definition) is 0. The molecule has 11 aromatic rings. The first-order chi connectivity index (χ1) is 27.2. The fourth-order valence-corrected chi connectivity index (χ4v) is 7.98. The van der Waals surface area contributed by atoms with Gasteiger partial charge in [-0.2, -0.15) is 0 Å². The lowest BCUT2D eigenvalue weighted by atomic mass is 9.94. The van der Waals surface area contributed by atoms with Crippen LogP contribution in [0.5, 0.6) is 0 Å². The highest BCUT2D eigenvalue weighted by atomic mass is 16.3. The maximum Gasteiger partial charge on any atom is 0.164 e. The molecule has 0 atom stereocenters. The largest absolute Gasteiger partial charge is 0.455 e. The van der Waals surface area contributed by atoms with E-state index in [9.17, 15) is 0 Å². The van der Waals surface area contributed by atoms with E-state index in [0.717, 1.165) is 71.3 Å². The van der Waals surface area contributed by atoms with Gasteiger partial charge in [0, 0.05) is 32.8 Å². The zero-order valence-corrected chi connectivity index (χ0v) is 29.6. The second-order valence-electron chi connectivity index (χ2n) is 14.0. The normalized spacial score (nSPS) is 11.6. The second kappa shape index (κ2) is 12.6. The zero-order valence-electron chi connectivity index (χ0n) is 29.6. The fourth-order valence-electron chi connectivity index (χ4n) is 7.98. The lowest BCUT2D eigenvalue weighted by Crippen LogP contribution is -2.01. The lowest BCUT2D eigenvalue weighted by molar-refractivity contribution is 0.673. The predicted molar refractivity (Wildman–Crippen MR) is 227 cm³/mol. The molecule has 256 valence electrons. The van der Waals surface area contributed by atoms with Gasteiger partial charge in [0.25, 0.3) is 0 Å². The van der Waals surface area contributed by atoms with Crippen molar-refractivity contribution in [3.05, 3.63) is 188 Å². The van der Waals surface area contributed by atoms with Crippen molar-refractivity contribution >= 4 is 54.3 Å². The molecule has 9 aromatic carbocycles. The molecule has 0 aliphatic heterocycles. The minimum Gasteiger partial charge on any atom is -0.455 e. The Kier molecular flexibility index (Phi) is 7.14. The molecule has 0 aliphatic carbocycles. The van der Waals surface area contributed by atoms with Gasteiger partial charge >= 0.3 is 0 Å². The summed E-state index contributed by atoms with van der Waals surface area (Å²) in [6.45, 7) is 0. The predicted octanol–water partition coefficient (Wildman–Crippen LogP) is 13.6. The van der Waals surface area contributed by atoms with E-state index in [0.29, 0.717) is 17.5 Å². The first-order valence-corrected chi connectivity index (χ1v) is 18.5. The molecule has 0 saturated heterocycles. The third kappa shape index (κ3) is 5.34. The van der Waals surface area contributed by atoms with E-state index in [1.54, 1.807) is 0 Å². The molecule has 0 amide bonds. The zero-order chi connectivity index (χ0) is 36.3. The first kappa shape index (κ1) is 31.1. The summed E-state index contributed by atoms with van der Waals surface area (Å²) < 4.78 is 6.75. The molecule has 0 bridgehead atoms. The summed E-state index contributed by atoms with van der Waals surface area (Å²) in [7, 11) is 0. The minimum absolute atomic E-state index is 0.609. The van der Waals surface area contributed by atoms with Crippen LogP contribution in [0.3, 0.4) is 0 Å². The summed E-state index contributed by atoms with van der Waals surface area (Å²) in [5, 5.41) is 8.71. The van der Waals surface area contributed by atoms with Crippen molar-refractivity contribution in [2.75, 3.05) is 0 Å². The molecule has 0 unspecified atom stereocenters. The Labute approximate surface area is 317 Å². The van der Waals surface area contributed by atoms with Gasteiger partial charge in [-0.3, -0.25) is 0 Å². The molecule has 0 aliphatic rings. The maximum atomic E-state index is 6.75. The van der Waals surface area contributed by atoms with Gasteiger partial charge in [0.1, 0.15) is 11.2 Å². The lowest BCUT2D eigenvalue weighted by Gasteiger charge is -2.12. The van der Waals surface area contributed by atoms with Gasteiger partial charge in [-0.25, -0.2) is 15.0 Å². The Hall–Kier alpha value is -7.43. The van der Waals surface area contributed by atoms with Gasteiger partial charge in [-0.1, -0.05) is 158 Å². The molecule has 4 heteroatoms. The van der Waals surface area contributed by atoms with Crippen LogP contribution in [0.15, 0.2) is 192 Å². The molecule has 4 nitrogen and oxygen atoms in total. The van der Waals surface area contributed by atoms with Crippen molar-refractivity contribution in [1.82, 2.24) is 15.0 Å². The van der Waals surface area contributed by atoms with Gasteiger partial charge in [-0.05, 0) is 79.5 Å². The van der Waals surface area contributed by atoms with Crippen LogP contribution >= 0.6 is 0 Å². The number of rotatable bonds is 5. The van der Waals surface area contributed by atoms with Crippen molar-refractivity contribution in [1.29, 1.82) is 0 Å². The SMILES string of the molecule is c1ccc(-c2cccc(-c3cccc4oc5c6ccccc6c(-c6nc(-c7ccc8ccccc8c7)nc(-c7ccc8ccccc8c7)n6)cc5c34)c2)cc1. The van der Waals surface area contributed by atoms with E-state index < -0.39 is 0 Å². The highest BCUT2D eigenvalue weighted by Gasteiger charge is 2.21. The Morgan fingerprint density at radius 2 is 0.873 bits per heavy atom. The molecular weight excluding hydrogens is 671 g/mol. The molecule has 0 radical (unpaired) electrons. The van der Waals surface area contributed by atoms with Gasteiger partial charge in [-0.15, -0.1) is 0 Å². The van der Waals surface area contributed by atoms with Crippen molar-refractivity contribution in [3.63, 3.8) is 0 Å². The standard InChI is InChI=1S/C51H31N3O/c1-2-12-32(13-3-1)37-18-10-19-38(28-37)41-22-11-23-46-47(41)45-31-44(42-20-8-9-21-43(42)48(45)55-46)51-53-49(39-26-24-33-14-4-6-16-35(33)29-39)52-50(54-51)40-27-25-34-15-5-7-17-36(34)30-40/h1-31H. The van der Waals surface area contributed by atoms with E-state index in [-0.39, 0.29) is 0 Å². The van der Waals surface area contributed by atoms with E-state index in [1.165, 1.54) is 21.9 Å². The van der Waals surface area contributed by atoms with Crippen LogP contribution in [0.25, 0.3) is 111 Å². The third-order valence-corrected chi connectivity index (χ3v) is 10.7. The van der Waals surface area contributed by atoms with E-state index >= 15 is 0 Å². The van der Waals surface area contributed by atoms with Crippen LogP contribution < -0.4 is 0 Å². The van der Waals surface area contributed by atoms with E-state index in [2.05, 4.69) is 188 Å². The molecule has 0 fully saturated rings. The topological polar surface area (TPSA) is 51.8 Å². The summed E-state index contributed by atoms with van der Waals surface area (Å²) in [6, 6.07) is 65.8. The average Bonchev–Trinajstić information content (AvgIpc) is 3.65. The summed E-state index contributed by atoms with van der Waals surface area (Å²) in [5.41, 5.74) is 9.06. The quantitative estimate of drug-likeness (QED) is 0.179. The average molecular weight is 702 g/mol. The molecule has 2 aromatic heterocycles.